The smallest absolute Gasteiger partial charge is 0.132 e. The van der Waals surface area contributed by atoms with Crippen LogP contribution in [0.1, 0.15) is 5.56 Å². The Morgan fingerprint density at radius 3 is 2.71 bits per heavy atom. The lowest BCUT2D eigenvalue weighted by molar-refractivity contribution is 0.414. The molecular weight excluding hydrogens is 219 g/mol. The molecule has 1 aromatic heterocycles. The maximum Gasteiger partial charge on any atom is 0.132 e. The Labute approximate surface area is 99.1 Å². The van der Waals surface area contributed by atoms with Crippen LogP contribution in [-0.2, 0) is 0 Å². The second kappa shape index (κ2) is 4.41. The van der Waals surface area contributed by atoms with Crippen molar-refractivity contribution in [3.05, 3.63) is 41.8 Å². The van der Waals surface area contributed by atoms with Gasteiger partial charge in [-0.3, -0.25) is 4.98 Å². The van der Waals surface area contributed by atoms with Crippen LogP contribution in [0.25, 0.3) is 11.3 Å². The molecule has 0 saturated heterocycles. The molecule has 0 radical (unpaired) electrons. The largest absolute Gasteiger partial charge is 0.497 e. The average Bonchev–Trinajstić information content (AvgIpc) is 2.33. The first-order chi connectivity index (χ1) is 8.11. The molecule has 2 rings (SSSR count). The van der Waals surface area contributed by atoms with Gasteiger partial charge in [0.2, 0.25) is 0 Å². The number of benzene rings is 1. The lowest BCUT2D eigenvalue weighted by Crippen LogP contribution is -1.95. The molecule has 88 valence electrons. The molecule has 0 bridgehead atoms. The van der Waals surface area contributed by atoms with Crippen LogP contribution in [0.5, 0.6) is 5.75 Å². The fraction of sp³-hybridized carbons (Fsp3) is 0.154. The zero-order valence-corrected chi connectivity index (χ0v) is 9.70. The van der Waals surface area contributed by atoms with Gasteiger partial charge in [0, 0.05) is 5.56 Å². The van der Waals surface area contributed by atoms with Gasteiger partial charge >= 0.3 is 0 Å². The van der Waals surface area contributed by atoms with E-state index in [1.54, 1.807) is 25.3 Å². The number of aromatic nitrogens is 1. The first-order valence-electron chi connectivity index (χ1n) is 5.18. The number of nitrogens with zero attached hydrogens (tertiary/aromatic N) is 1. The Kier molecular flexibility index (Phi) is 2.95. The van der Waals surface area contributed by atoms with Crippen LogP contribution >= 0.6 is 0 Å². The number of nitrogen functional groups attached to an aromatic ring is 1. The Balaban J connectivity index is 2.55. The molecular formula is C13H13FN2O. The van der Waals surface area contributed by atoms with E-state index < -0.39 is 0 Å². The molecule has 2 aromatic rings. The fourth-order valence-corrected chi connectivity index (χ4v) is 1.54. The van der Waals surface area contributed by atoms with Gasteiger partial charge in [-0.1, -0.05) is 0 Å². The monoisotopic (exact) mass is 232 g/mol. The number of rotatable bonds is 2. The highest BCUT2D eigenvalue weighted by molar-refractivity contribution is 5.65. The summed E-state index contributed by atoms with van der Waals surface area (Å²) < 4.78 is 18.8. The van der Waals surface area contributed by atoms with E-state index in [1.807, 2.05) is 6.92 Å². The lowest BCUT2D eigenvalue weighted by atomic mass is 10.1. The number of hydrogen-bond acceptors (Lipinski definition) is 3. The molecule has 1 heterocycles. The molecule has 0 aliphatic heterocycles. The quantitative estimate of drug-likeness (QED) is 0.866. The number of halogens is 1. The molecule has 2 N–H and O–H groups in total. The summed E-state index contributed by atoms with van der Waals surface area (Å²) in [7, 11) is 1.54. The van der Waals surface area contributed by atoms with Gasteiger partial charge in [0.1, 0.15) is 11.6 Å². The number of methoxy groups -OCH3 is 1. The summed E-state index contributed by atoms with van der Waals surface area (Å²) >= 11 is 0. The van der Waals surface area contributed by atoms with Gasteiger partial charge in [0.25, 0.3) is 0 Å². The van der Waals surface area contributed by atoms with Crippen LogP contribution in [0.4, 0.5) is 10.1 Å². The summed E-state index contributed by atoms with van der Waals surface area (Å²) in [4.78, 5) is 4.13. The molecule has 17 heavy (non-hydrogen) atoms. The minimum atomic E-state index is -0.331. The van der Waals surface area contributed by atoms with Crippen molar-refractivity contribution in [1.82, 2.24) is 4.98 Å². The third-order valence-electron chi connectivity index (χ3n) is 2.60. The number of hydrogen-bond donors (Lipinski definition) is 1. The highest BCUT2D eigenvalue weighted by Crippen LogP contribution is 2.27. The molecule has 3 nitrogen and oxygen atoms in total. The van der Waals surface area contributed by atoms with Crippen LogP contribution in [0.3, 0.4) is 0 Å². The van der Waals surface area contributed by atoms with Gasteiger partial charge in [0.05, 0.1) is 24.7 Å². The van der Waals surface area contributed by atoms with Gasteiger partial charge in [-0.05, 0) is 36.8 Å². The lowest BCUT2D eigenvalue weighted by Gasteiger charge is -2.07. The molecule has 0 unspecified atom stereocenters. The second-order valence-corrected chi connectivity index (χ2v) is 3.77. The third-order valence-corrected chi connectivity index (χ3v) is 2.60. The minimum absolute atomic E-state index is 0.331. The SMILES string of the molecule is COc1ccc(F)c(-c2cc(C)c(N)cn2)c1. The van der Waals surface area contributed by atoms with Crippen molar-refractivity contribution in [2.45, 2.75) is 6.92 Å². The van der Waals surface area contributed by atoms with E-state index >= 15 is 0 Å². The van der Waals surface area contributed by atoms with Crippen LogP contribution in [0.15, 0.2) is 30.5 Å². The maximum atomic E-state index is 13.7. The van der Waals surface area contributed by atoms with Gasteiger partial charge in [0.15, 0.2) is 0 Å². The van der Waals surface area contributed by atoms with Crippen molar-refractivity contribution < 1.29 is 9.13 Å². The molecule has 4 heteroatoms. The standard InChI is InChI=1S/C13H13FN2O/c1-8-5-13(16-7-12(8)15)10-6-9(17-2)3-4-11(10)14/h3-7H,15H2,1-2H3. The Morgan fingerprint density at radius 2 is 2.06 bits per heavy atom. The van der Waals surface area contributed by atoms with Gasteiger partial charge in [-0.15, -0.1) is 0 Å². The molecule has 0 atom stereocenters. The van der Waals surface area contributed by atoms with E-state index in [0.29, 0.717) is 22.7 Å². The van der Waals surface area contributed by atoms with Crippen molar-refractivity contribution >= 4 is 5.69 Å². The van der Waals surface area contributed by atoms with Gasteiger partial charge < -0.3 is 10.5 Å². The van der Waals surface area contributed by atoms with Crippen LogP contribution < -0.4 is 10.5 Å². The number of nitrogens with two attached hydrogens (primary N) is 1. The normalized spacial score (nSPS) is 10.3. The predicted molar refractivity (Wildman–Crippen MR) is 65.3 cm³/mol. The van der Waals surface area contributed by atoms with E-state index in [9.17, 15) is 4.39 Å². The summed E-state index contributed by atoms with van der Waals surface area (Å²) in [6, 6.07) is 6.31. The van der Waals surface area contributed by atoms with Crippen molar-refractivity contribution in [2.75, 3.05) is 12.8 Å². The zero-order chi connectivity index (χ0) is 12.4. The topological polar surface area (TPSA) is 48.1 Å². The molecule has 0 saturated carbocycles. The first-order valence-corrected chi connectivity index (χ1v) is 5.18. The van der Waals surface area contributed by atoms with Gasteiger partial charge in [-0.25, -0.2) is 4.39 Å². The maximum absolute atomic E-state index is 13.7. The first kappa shape index (κ1) is 11.4. The van der Waals surface area contributed by atoms with Crippen molar-refractivity contribution in [2.24, 2.45) is 0 Å². The third kappa shape index (κ3) is 2.20. The molecule has 1 aromatic carbocycles. The van der Waals surface area contributed by atoms with Crippen molar-refractivity contribution in [3.8, 4) is 17.0 Å². The number of anilines is 1. The van der Waals surface area contributed by atoms with Crippen LogP contribution in [-0.4, -0.2) is 12.1 Å². The second-order valence-electron chi connectivity index (χ2n) is 3.77. The summed E-state index contributed by atoms with van der Waals surface area (Å²) in [5.74, 6) is 0.264. The number of aryl methyl sites for hydroxylation is 1. The summed E-state index contributed by atoms with van der Waals surface area (Å²) in [6.07, 6.45) is 1.53. The Bertz CT molecular complexity index is 555. The average molecular weight is 232 g/mol. The molecule has 0 amide bonds. The number of pyridine rings is 1. The van der Waals surface area contributed by atoms with Crippen LogP contribution in [0.2, 0.25) is 0 Å². The predicted octanol–water partition coefficient (Wildman–Crippen LogP) is 2.79. The van der Waals surface area contributed by atoms with Gasteiger partial charge in [-0.2, -0.15) is 0 Å². The summed E-state index contributed by atoms with van der Waals surface area (Å²) in [6.45, 7) is 1.86. The van der Waals surface area contributed by atoms with Crippen molar-refractivity contribution in [3.63, 3.8) is 0 Å². The Morgan fingerprint density at radius 1 is 1.29 bits per heavy atom. The molecule has 0 aliphatic carbocycles. The number of ether oxygens (including phenoxy) is 1. The van der Waals surface area contributed by atoms with E-state index in [1.165, 1.54) is 12.3 Å². The zero-order valence-electron chi connectivity index (χ0n) is 9.70. The summed E-state index contributed by atoms with van der Waals surface area (Å²) in [5.41, 5.74) is 8.11. The van der Waals surface area contributed by atoms with E-state index in [-0.39, 0.29) is 5.82 Å². The highest BCUT2D eigenvalue weighted by Gasteiger charge is 2.09. The molecule has 0 aliphatic rings. The van der Waals surface area contributed by atoms with Crippen LogP contribution in [0, 0.1) is 12.7 Å². The fourth-order valence-electron chi connectivity index (χ4n) is 1.54. The van der Waals surface area contributed by atoms with E-state index in [0.717, 1.165) is 5.56 Å². The van der Waals surface area contributed by atoms with Crippen molar-refractivity contribution in [1.29, 1.82) is 0 Å². The van der Waals surface area contributed by atoms with E-state index in [2.05, 4.69) is 4.98 Å². The molecule has 0 spiro atoms. The molecule has 0 fully saturated rings. The summed E-state index contributed by atoms with van der Waals surface area (Å²) in [5, 5.41) is 0. The Hall–Kier alpha value is -2.10. The van der Waals surface area contributed by atoms with E-state index in [4.69, 9.17) is 10.5 Å². The minimum Gasteiger partial charge on any atom is -0.497 e. The highest BCUT2D eigenvalue weighted by atomic mass is 19.1.